The Morgan fingerprint density at radius 1 is 1.38 bits per heavy atom. The monoisotopic (exact) mass is 237 g/mol. The Labute approximate surface area is 98.0 Å². The summed E-state index contributed by atoms with van der Waals surface area (Å²) in [5, 5.41) is 1.03. The normalized spacial score (nSPS) is 10.7. The van der Waals surface area contributed by atoms with Crippen LogP contribution in [0.3, 0.4) is 0 Å². The molecule has 0 aliphatic rings. The number of nitrogens with one attached hydrogen (secondary N) is 1. The average Bonchev–Trinajstić information content (AvgIpc) is 2.29. The summed E-state index contributed by atoms with van der Waals surface area (Å²) < 4.78 is 5.11. The first-order valence-electron chi connectivity index (χ1n) is 5.05. The zero-order valence-corrected chi connectivity index (χ0v) is 9.89. The summed E-state index contributed by atoms with van der Waals surface area (Å²) in [5.41, 5.74) is 1.64. The molecule has 1 heterocycles. The second kappa shape index (κ2) is 4.18. The van der Waals surface area contributed by atoms with E-state index >= 15 is 0 Å². The highest BCUT2D eigenvalue weighted by Gasteiger charge is 2.07. The zero-order valence-electron chi connectivity index (χ0n) is 9.13. The highest BCUT2D eigenvalue weighted by Crippen LogP contribution is 2.27. The van der Waals surface area contributed by atoms with Gasteiger partial charge in [0.25, 0.3) is 0 Å². The molecule has 84 valence electrons. The Kier molecular flexibility index (Phi) is 2.88. The molecule has 0 unspecified atom stereocenters. The number of methoxy groups -OCH3 is 1. The highest BCUT2D eigenvalue weighted by molar-refractivity contribution is 6.32. The van der Waals surface area contributed by atoms with Gasteiger partial charge in [0.15, 0.2) is 5.43 Å². The smallest absolute Gasteiger partial charge is 0.189 e. The maximum Gasteiger partial charge on any atom is 0.189 e. The predicted octanol–water partition coefficient (Wildman–Crippen LogP) is 2.75. The van der Waals surface area contributed by atoms with Gasteiger partial charge in [0, 0.05) is 23.2 Å². The number of hydrogen-bond acceptors (Lipinski definition) is 2. The van der Waals surface area contributed by atoms with Gasteiger partial charge >= 0.3 is 0 Å². The van der Waals surface area contributed by atoms with Gasteiger partial charge in [-0.2, -0.15) is 0 Å². The summed E-state index contributed by atoms with van der Waals surface area (Å²) in [6.45, 7) is 1.99. The lowest BCUT2D eigenvalue weighted by Gasteiger charge is -2.06. The van der Waals surface area contributed by atoms with Gasteiger partial charge in [-0.3, -0.25) is 4.79 Å². The molecule has 0 fully saturated rings. The van der Waals surface area contributed by atoms with Gasteiger partial charge in [0.2, 0.25) is 0 Å². The lowest BCUT2D eigenvalue weighted by Crippen LogP contribution is -2.04. The topological polar surface area (TPSA) is 42.1 Å². The first-order chi connectivity index (χ1) is 7.65. The van der Waals surface area contributed by atoms with Crippen LogP contribution in [0.15, 0.2) is 23.0 Å². The van der Waals surface area contributed by atoms with Crippen LogP contribution in [0.1, 0.15) is 12.6 Å². The van der Waals surface area contributed by atoms with Crippen molar-refractivity contribution in [3.63, 3.8) is 0 Å². The van der Waals surface area contributed by atoms with E-state index in [2.05, 4.69) is 4.98 Å². The molecular formula is C12H12ClNO2. The van der Waals surface area contributed by atoms with Crippen LogP contribution in [0.5, 0.6) is 5.75 Å². The summed E-state index contributed by atoms with van der Waals surface area (Å²) in [4.78, 5) is 15.0. The standard InChI is InChI=1S/C12H12ClNO2/c1-3-7-4-11(15)8-5-9(13)12(16-2)6-10(8)14-7/h4-6H,3H2,1-2H3,(H,14,15). The van der Waals surface area contributed by atoms with Crippen LogP contribution in [-0.2, 0) is 6.42 Å². The first kappa shape index (κ1) is 11.0. The molecule has 16 heavy (non-hydrogen) atoms. The third-order valence-electron chi connectivity index (χ3n) is 2.54. The minimum atomic E-state index is -0.0184. The summed E-state index contributed by atoms with van der Waals surface area (Å²) in [7, 11) is 1.55. The number of benzene rings is 1. The Hall–Kier alpha value is -1.48. The van der Waals surface area contributed by atoms with E-state index in [4.69, 9.17) is 16.3 Å². The molecule has 2 rings (SSSR count). The number of aromatic amines is 1. The van der Waals surface area contributed by atoms with Crippen LogP contribution in [0.25, 0.3) is 10.9 Å². The van der Waals surface area contributed by atoms with Gasteiger partial charge in [-0.15, -0.1) is 0 Å². The van der Waals surface area contributed by atoms with Crippen LogP contribution in [0, 0.1) is 0 Å². The van der Waals surface area contributed by atoms with Gasteiger partial charge in [-0.05, 0) is 12.5 Å². The van der Waals surface area contributed by atoms with Crippen LogP contribution in [-0.4, -0.2) is 12.1 Å². The second-order valence-corrected chi connectivity index (χ2v) is 3.95. The van der Waals surface area contributed by atoms with E-state index in [0.717, 1.165) is 17.6 Å². The molecule has 2 aromatic rings. The van der Waals surface area contributed by atoms with E-state index in [1.54, 1.807) is 25.3 Å². The number of fused-ring (bicyclic) bond motifs is 1. The summed E-state index contributed by atoms with van der Waals surface area (Å²) in [6.07, 6.45) is 0.788. The Morgan fingerprint density at radius 2 is 2.12 bits per heavy atom. The van der Waals surface area contributed by atoms with Crippen molar-refractivity contribution in [2.24, 2.45) is 0 Å². The Bertz CT molecular complexity index is 589. The van der Waals surface area contributed by atoms with E-state index < -0.39 is 0 Å². The fourth-order valence-electron chi connectivity index (χ4n) is 1.65. The molecule has 0 bridgehead atoms. The van der Waals surface area contributed by atoms with Crippen LogP contribution in [0.2, 0.25) is 5.02 Å². The Morgan fingerprint density at radius 3 is 2.75 bits per heavy atom. The maximum absolute atomic E-state index is 11.8. The van der Waals surface area contributed by atoms with Crippen molar-refractivity contribution in [1.29, 1.82) is 0 Å². The van der Waals surface area contributed by atoms with Crippen molar-refractivity contribution in [2.75, 3.05) is 7.11 Å². The number of ether oxygens (including phenoxy) is 1. The van der Waals surface area contributed by atoms with Crippen molar-refractivity contribution >= 4 is 22.5 Å². The van der Waals surface area contributed by atoms with Gasteiger partial charge in [-0.25, -0.2) is 0 Å². The third kappa shape index (κ3) is 1.78. The molecule has 0 spiro atoms. The van der Waals surface area contributed by atoms with Gasteiger partial charge < -0.3 is 9.72 Å². The van der Waals surface area contributed by atoms with Gasteiger partial charge in [0.1, 0.15) is 5.75 Å². The quantitative estimate of drug-likeness (QED) is 0.873. The molecule has 0 saturated carbocycles. The fourth-order valence-corrected chi connectivity index (χ4v) is 1.89. The number of rotatable bonds is 2. The van der Waals surface area contributed by atoms with Gasteiger partial charge in [-0.1, -0.05) is 18.5 Å². The van der Waals surface area contributed by atoms with Crippen molar-refractivity contribution in [1.82, 2.24) is 4.98 Å². The van der Waals surface area contributed by atoms with E-state index in [1.165, 1.54) is 0 Å². The highest BCUT2D eigenvalue weighted by atomic mass is 35.5. The fraction of sp³-hybridized carbons (Fsp3) is 0.250. The number of pyridine rings is 1. The molecular weight excluding hydrogens is 226 g/mol. The van der Waals surface area contributed by atoms with E-state index in [-0.39, 0.29) is 5.43 Å². The van der Waals surface area contributed by atoms with E-state index in [0.29, 0.717) is 16.2 Å². The molecule has 0 radical (unpaired) electrons. The van der Waals surface area contributed by atoms with Crippen LogP contribution >= 0.6 is 11.6 Å². The molecule has 3 nitrogen and oxygen atoms in total. The SMILES string of the molecule is CCc1cc(=O)c2cc(Cl)c(OC)cc2[nH]1. The van der Waals surface area contributed by atoms with Crippen LogP contribution < -0.4 is 10.2 Å². The van der Waals surface area contributed by atoms with Crippen molar-refractivity contribution in [3.8, 4) is 5.75 Å². The second-order valence-electron chi connectivity index (χ2n) is 3.54. The minimum Gasteiger partial charge on any atom is -0.495 e. The first-order valence-corrected chi connectivity index (χ1v) is 5.43. The molecule has 1 N–H and O–H groups in total. The lowest BCUT2D eigenvalue weighted by molar-refractivity contribution is 0.415. The molecule has 0 amide bonds. The molecule has 0 aliphatic carbocycles. The summed E-state index contributed by atoms with van der Waals surface area (Å²) in [6, 6.07) is 4.98. The van der Waals surface area contributed by atoms with Gasteiger partial charge in [0.05, 0.1) is 17.6 Å². The van der Waals surface area contributed by atoms with E-state index in [1.807, 2.05) is 6.92 Å². The molecule has 4 heteroatoms. The van der Waals surface area contributed by atoms with Crippen molar-refractivity contribution < 1.29 is 4.74 Å². The number of H-pyrrole nitrogens is 1. The average molecular weight is 238 g/mol. The number of halogens is 1. The molecule has 0 aliphatic heterocycles. The maximum atomic E-state index is 11.8. The van der Waals surface area contributed by atoms with Crippen molar-refractivity contribution in [2.45, 2.75) is 13.3 Å². The Balaban J connectivity index is 2.80. The van der Waals surface area contributed by atoms with Crippen molar-refractivity contribution in [3.05, 3.63) is 39.1 Å². The number of aryl methyl sites for hydroxylation is 1. The number of hydrogen-bond donors (Lipinski definition) is 1. The van der Waals surface area contributed by atoms with Crippen LogP contribution in [0.4, 0.5) is 0 Å². The minimum absolute atomic E-state index is 0.0184. The van der Waals surface area contributed by atoms with E-state index in [9.17, 15) is 4.79 Å². The zero-order chi connectivity index (χ0) is 11.7. The largest absolute Gasteiger partial charge is 0.495 e. The molecule has 1 aromatic carbocycles. The molecule has 0 saturated heterocycles. The molecule has 1 aromatic heterocycles. The lowest BCUT2D eigenvalue weighted by atomic mass is 10.1. The summed E-state index contributed by atoms with van der Waals surface area (Å²) >= 11 is 5.97. The third-order valence-corrected chi connectivity index (χ3v) is 2.83. The predicted molar refractivity (Wildman–Crippen MR) is 65.5 cm³/mol. The molecule has 0 atom stereocenters. The number of aromatic nitrogens is 1. The summed E-state index contributed by atoms with van der Waals surface area (Å²) in [5.74, 6) is 0.568.